The molecule has 0 unspecified atom stereocenters. The number of sulfone groups is 1. The first-order chi connectivity index (χ1) is 13.4. The SMILES string of the molecule is CCCCN(C(=O)CSc1nncn1-c1ccccc1C)[C@@H]1CCS(=O)(=O)C1. The van der Waals surface area contributed by atoms with Crippen LogP contribution < -0.4 is 0 Å². The molecule has 1 atom stereocenters. The molecule has 0 radical (unpaired) electrons. The van der Waals surface area contributed by atoms with E-state index in [0.29, 0.717) is 18.1 Å². The van der Waals surface area contributed by atoms with Crippen molar-refractivity contribution in [2.45, 2.75) is 44.3 Å². The maximum absolute atomic E-state index is 12.9. The highest BCUT2D eigenvalue weighted by Crippen LogP contribution is 2.24. The summed E-state index contributed by atoms with van der Waals surface area (Å²) in [5.41, 5.74) is 2.07. The summed E-state index contributed by atoms with van der Waals surface area (Å²) in [6.07, 6.45) is 4.00. The van der Waals surface area contributed by atoms with Crippen LogP contribution in [0.25, 0.3) is 5.69 Å². The third kappa shape index (κ3) is 4.94. The van der Waals surface area contributed by atoms with Crippen molar-refractivity contribution in [2.75, 3.05) is 23.8 Å². The molecule has 3 rings (SSSR count). The van der Waals surface area contributed by atoms with Gasteiger partial charge in [-0.05, 0) is 31.4 Å². The molecule has 0 aliphatic carbocycles. The first kappa shape index (κ1) is 20.9. The van der Waals surface area contributed by atoms with Gasteiger partial charge in [-0.1, -0.05) is 43.3 Å². The van der Waals surface area contributed by atoms with Crippen molar-refractivity contribution in [1.82, 2.24) is 19.7 Å². The number of para-hydroxylation sites is 1. The Morgan fingerprint density at radius 3 is 2.82 bits per heavy atom. The fourth-order valence-electron chi connectivity index (χ4n) is 3.39. The Hall–Kier alpha value is -1.87. The topological polar surface area (TPSA) is 85.2 Å². The zero-order chi connectivity index (χ0) is 20.1. The van der Waals surface area contributed by atoms with Gasteiger partial charge in [0.25, 0.3) is 0 Å². The maximum Gasteiger partial charge on any atom is 0.233 e. The smallest absolute Gasteiger partial charge is 0.233 e. The molecule has 152 valence electrons. The van der Waals surface area contributed by atoms with E-state index in [0.717, 1.165) is 24.1 Å². The average molecular weight is 423 g/mol. The minimum absolute atomic E-state index is 0.0418. The molecule has 0 bridgehead atoms. The number of hydrogen-bond acceptors (Lipinski definition) is 6. The lowest BCUT2D eigenvalue weighted by molar-refractivity contribution is -0.130. The number of thioether (sulfide) groups is 1. The van der Waals surface area contributed by atoms with Gasteiger partial charge in [0.2, 0.25) is 5.91 Å². The molecule has 2 heterocycles. The molecule has 9 heteroatoms. The van der Waals surface area contributed by atoms with Gasteiger partial charge in [-0.15, -0.1) is 10.2 Å². The van der Waals surface area contributed by atoms with E-state index in [-0.39, 0.29) is 29.2 Å². The summed E-state index contributed by atoms with van der Waals surface area (Å²) >= 11 is 1.33. The van der Waals surface area contributed by atoms with E-state index in [1.54, 1.807) is 11.2 Å². The number of rotatable bonds is 8. The first-order valence-electron chi connectivity index (χ1n) is 9.50. The largest absolute Gasteiger partial charge is 0.338 e. The van der Waals surface area contributed by atoms with Crippen LogP contribution in [-0.4, -0.2) is 63.8 Å². The second-order valence-corrected chi connectivity index (χ2v) is 10.2. The summed E-state index contributed by atoms with van der Waals surface area (Å²) in [6.45, 7) is 4.68. The Balaban J connectivity index is 1.70. The van der Waals surface area contributed by atoms with Crippen molar-refractivity contribution in [3.05, 3.63) is 36.2 Å². The molecular formula is C19H26N4O3S2. The molecule has 1 amide bonds. The number of carbonyl (C=O) groups excluding carboxylic acids is 1. The lowest BCUT2D eigenvalue weighted by Gasteiger charge is -2.28. The standard InChI is InChI=1S/C19H26N4O3S2/c1-3-4-10-22(16-9-11-28(25,26)13-16)18(24)12-27-19-21-20-14-23(19)17-8-6-5-7-15(17)2/h5-8,14,16H,3-4,9-13H2,1-2H3/t16-/m1/s1. The van der Waals surface area contributed by atoms with Crippen LogP contribution in [0.15, 0.2) is 35.7 Å². The average Bonchev–Trinajstić information content (AvgIpc) is 3.27. The molecule has 0 spiro atoms. The van der Waals surface area contributed by atoms with E-state index >= 15 is 0 Å². The predicted molar refractivity (Wildman–Crippen MR) is 110 cm³/mol. The van der Waals surface area contributed by atoms with Gasteiger partial charge in [0.15, 0.2) is 15.0 Å². The van der Waals surface area contributed by atoms with E-state index in [1.165, 1.54) is 11.8 Å². The Morgan fingerprint density at radius 2 is 2.14 bits per heavy atom. The van der Waals surface area contributed by atoms with Crippen LogP contribution in [0.1, 0.15) is 31.7 Å². The van der Waals surface area contributed by atoms with E-state index in [9.17, 15) is 13.2 Å². The van der Waals surface area contributed by atoms with Crippen LogP contribution in [0, 0.1) is 6.92 Å². The third-order valence-electron chi connectivity index (χ3n) is 4.94. The minimum atomic E-state index is -3.03. The molecule has 1 aromatic heterocycles. The summed E-state index contributed by atoms with van der Waals surface area (Å²) in [5.74, 6) is 0.416. The molecular weight excluding hydrogens is 396 g/mol. The quantitative estimate of drug-likeness (QED) is 0.608. The number of aryl methyl sites for hydroxylation is 1. The highest BCUT2D eigenvalue weighted by molar-refractivity contribution is 7.99. The van der Waals surface area contributed by atoms with Crippen LogP contribution in [0.4, 0.5) is 0 Å². The normalized spacial score (nSPS) is 18.3. The number of amides is 1. The highest BCUT2D eigenvalue weighted by Gasteiger charge is 2.34. The molecule has 1 aromatic carbocycles. The first-order valence-corrected chi connectivity index (χ1v) is 12.3. The van der Waals surface area contributed by atoms with Crippen molar-refractivity contribution in [2.24, 2.45) is 0 Å². The monoisotopic (exact) mass is 422 g/mol. The van der Waals surface area contributed by atoms with Gasteiger partial charge in [0.05, 0.1) is 22.9 Å². The zero-order valence-corrected chi connectivity index (χ0v) is 17.9. The molecule has 0 saturated carbocycles. The van der Waals surface area contributed by atoms with Gasteiger partial charge in [-0.2, -0.15) is 0 Å². The Labute approximate surface area is 170 Å². The molecule has 1 aliphatic rings. The molecule has 1 saturated heterocycles. The Bertz CT molecular complexity index is 927. The summed E-state index contributed by atoms with van der Waals surface area (Å²) < 4.78 is 25.6. The molecule has 28 heavy (non-hydrogen) atoms. The lowest BCUT2D eigenvalue weighted by atomic mass is 10.2. The highest BCUT2D eigenvalue weighted by atomic mass is 32.2. The maximum atomic E-state index is 12.9. The summed E-state index contributed by atoms with van der Waals surface area (Å²) in [7, 11) is -3.03. The van der Waals surface area contributed by atoms with E-state index in [1.807, 2.05) is 35.8 Å². The number of benzene rings is 1. The van der Waals surface area contributed by atoms with E-state index < -0.39 is 9.84 Å². The second-order valence-electron chi connectivity index (χ2n) is 7.06. The van der Waals surface area contributed by atoms with Crippen molar-refractivity contribution in [3.63, 3.8) is 0 Å². The van der Waals surface area contributed by atoms with E-state index in [4.69, 9.17) is 0 Å². The zero-order valence-electron chi connectivity index (χ0n) is 16.2. The van der Waals surface area contributed by atoms with Crippen LogP contribution in [0.2, 0.25) is 0 Å². The number of carbonyl (C=O) groups is 1. The van der Waals surface area contributed by atoms with Gasteiger partial charge >= 0.3 is 0 Å². The number of aromatic nitrogens is 3. The predicted octanol–water partition coefficient (Wildman–Crippen LogP) is 2.48. The lowest BCUT2D eigenvalue weighted by Crippen LogP contribution is -2.42. The second kappa shape index (κ2) is 9.09. The van der Waals surface area contributed by atoms with Gasteiger partial charge in [-0.25, -0.2) is 8.42 Å². The minimum Gasteiger partial charge on any atom is -0.338 e. The molecule has 0 N–H and O–H groups in total. The van der Waals surface area contributed by atoms with Gasteiger partial charge < -0.3 is 4.90 Å². The summed E-state index contributed by atoms with van der Waals surface area (Å²) in [4.78, 5) is 14.7. The van der Waals surface area contributed by atoms with Crippen LogP contribution >= 0.6 is 11.8 Å². The Morgan fingerprint density at radius 1 is 1.36 bits per heavy atom. The van der Waals surface area contributed by atoms with Crippen molar-refractivity contribution in [3.8, 4) is 5.69 Å². The molecule has 2 aromatic rings. The number of unbranched alkanes of at least 4 members (excludes halogenated alkanes) is 1. The van der Waals surface area contributed by atoms with Crippen molar-refractivity contribution >= 4 is 27.5 Å². The number of nitrogens with zero attached hydrogens (tertiary/aromatic N) is 4. The number of hydrogen-bond donors (Lipinski definition) is 0. The van der Waals surface area contributed by atoms with Crippen LogP contribution in [-0.2, 0) is 14.6 Å². The fraction of sp³-hybridized carbons (Fsp3) is 0.526. The van der Waals surface area contributed by atoms with Crippen LogP contribution in [0.3, 0.4) is 0 Å². The van der Waals surface area contributed by atoms with E-state index in [2.05, 4.69) is 17.1 Å². The molecule has 1 fully saturated rings. The van der Waals surface area contributed by atoms with Crippen LogP contribution in [0.5, 0.6) is 0 Å². The van der Waals surface area contributed by atoms with Gasteiger partial charge in [-0.3, -0.25) is 9.36 Å². The fourth-order valence-corrected chi connectivity index (χ4v) is 5.93. The molecule has 7 nitrogen and oxygen atoms in total. The Kier molecular flexibility index (Phi) is 6.77. The summed E-state index contributed by atoms with van der Waals surface area (Å²) in [6, 6.07) is 7.72. The third-order valence-corrected chi connectivity index (χ3v) is 7.62. The molecule has 1 aliphatic heterocycles. The van der Waals surface area contributed by atoms with Crippen molar-refractivity contribution < 1.29 is 13.2 Å². The van der Waals surface area contributed by atoms with Gasteiger partial charge in [0.1, 0.15) is 6.33 Å². The van der Waals surface area contributed by atoms with Crippen molar-refractivity contribution in [1.29, 1.82) is 0 Å². The van der Waals surface area contributed by atoms with Gasteiger partial charge in [0, 0.05) is 12.6 Å². The summed E-state index contributed by atoms with van der Waals surface area (Å²) in [5, 5.41) is 8.80.